The zero-order valence-corrected chi connectivity index (χ0v) is 15.1. The van der Waals surface area contributed by atoms with Crippen LogP contribution in [-0.4, -0.2) is 41.9 Å². The van der Waals surface area contributed by atoms with Crippen molar-refractivity contribution in [2.24, 2.45) is 0 Å². The van der Waals surface area contributed by atoms with Crippen molar-refractivity contribution in [3.05, 3.63) is 69.0 Å². The molecule has 1 fully saturated rings. The van der Waals surface area contributed by atoms with Crippen LogP contribution in [0.25, 0.3) is 0 Å². The van der Waals surface area contributed by atoms with Gasteiger partial charge in [-0.05, 0) is 29.8 Å². The smallest absolute Gasteiger partial charge is 0.294 e. The normalized spacial score (nSPS) is 17.5. The highest BCUT2D eigenvalue weighted by molar-refractivity contribution is 6.31. The van der Waals surface area contributed by atoms with Crippen LogP contribution >= 0.6 is 11.6 Å². The topological polar surface area (TPSA) is 87.5 Å². The van der Waals surface area contributed by atoms with E-state index in [4.69, 9.17) is 11.6 Å². The zero-order valence-electron chi connectivity index (χ0n) is 14.3. The number of rotatable bonds is 5. The summed E-state index contributed by atoms with van der Waals surface area (Å²) in [4.78, 5) is 25.0. The van der Waals surface area contributed by atoms with Crippen LogP contribution in [0.5, 0.6) is 0 Å². The first kappa shape index (κ1) is 19.2. The van der Waals surface area contributed by atoms with Crippen molar-refractivity contribution in [1.82, 2.24) is 10.2 Å². The molecule has 27 heavy (non-hydrogen) atoms. The summed E-state index contributed by atoms with van der Waals surface area (Å²) in [5.41, 5.74) is 0.595. The van der Waals surface area contributed by atoms with Crippen LogP contribution in [0.3, 0.4) is 0 Å². The Morgan fingerprint density at radius 3 is 2.93 bits per heavy atom. The first-order valence-corrected chi connectivity index (χ1v) is 8.76. The number of hydrogen-bond acceptors (Lipinski definition) is 5. The summed E-state index contributed by atoms with van der Waals surface area (Å²) in [5.74, 6) is -0.719. The van der Waals surface area contributed by atoms with Gasteiger partial charge in [0, 0.05) is 36.8 Å². The molecule has 1 heterocycles. The fourth-order valence-electron chi connectivity index (χ4n) is 3.11. The summed E-state index contributed by atoms with van der Waals surface area (Å²) in [5, 5.41) is 17.2. The van der Waals surface area contributed by atoms with E-state index in [2.05, 4.69) is 10.6 Å². The third kappa shape index (κ3) is 4.79. The Bertz CT molecular complexity index is 864. The number of piperazine rings is 1. The van der Waals surface area contributed by atoms with Gasteiger partial charge in [0.15, 0.2) is 0 Å². The van der Waals surface area contributed by atoms with Gasteiger partial charge in [-0.2, -0.15) is 0 Å². The monoisotopic (exact) mass is 392 g/mol. The van der Waals surface area contributed by atoms with E-state index < -0.39 is 4.92 Å². The van der Waals surface area contributed by atoms with Crippen LogP contribution in [0, 0.1) is 15.9 Å². The standard InChI is InChI=1S/C18H18ClFN4O3/c19-13-4-5-15(16(9-13)24(26)27)22-18(25)11-23-7-6-21-10-17(23)12-2-1-3-14(20)8-12/h1-5,8-9,17,21H,6-7,10-11H2,(H,22,25). The predicted molar refractivity (Wildman–Crippen MR) is 100 cm³/mol. The molecule has 1 saturated heterocycles. The Labute approximate surface area is 160 Å². The number of halogens is 2. The van der Waals surface area contributed by atoms with Gasteiger partial charge in [0.25, 0.3) is 5.69 Å². The molecule has 1 amide bonds. The largest absolute Gasteiger partial charge is 0.319 e. The second-order valence-electron chi connectivity index (χ2n) is 6.21. The minimum atomic E-state index is -0.595. The highest BCUT2D eigenvalue weighted by Crippen LogP contribution is 2.28. The van der Waals surface area contributed by atoms with E-state index in [-0.39, 0.29) is 40.7 Å². The molecule has 1 unspecified atom stereocenters. The average molecular weight is 393 g/mol. The van der Waals surface area contributed by atoms with Gasteiger partial charge in [0.1, 0.15) is 11.5 Å². The molecule has 1 atom stereocenters. The molecule has 2 aromatic carbocycles. The number of amides is 1. The van der Waals surface area contributed by atoms with Crippen molar-refractivity contribution in [1.29, 1.82) is 0 Å². The van der Waals surface area contributed by atoms with Gasteiger partial charge in [-0.15, -0.1) is 0 Å². The van der Waals surface area contributed by atoms with Crippen molar-refractivity contribution >= 4 is 28.9 Å². The number of benzene rings is 2. The number of nitrogens with one attached hydrogen (secondary N) is 2. The molecule has 0 bridgehead atoms. The number of anilines is 1. The number of carbonyl (C=O) groups is 1. The molecule has 0 spiro atoms. The van der Waals surface area contributed by atoms with Crippen LogP contribution in [0.15, 0.2) is 42.5 Å². The molecule has 1 aliphatic rings. The zero-order chi connectivity index (χ0) is 19.4. The molecule has 3 rings (SSSR count). The van der Waals surface area contributed by atoms with Crippen LogP contribution in [0.4, 0.5) is 15.8 Å². The van der Waals surface area contributed by atoms with E-state index in [0.717, 1.165) is 5.56 Å². The average Bonchev–Trinajstić information content (AvgIpc) is 2.63. The highest BCUT2D eigenvalue weighted by atomic mass is 35.5. The molecule has 142 valence electrons. The van der Waals surface area contributed by atoms with Crippen LogP contribution in [-0.2, 0) is 4.79 Å². The summed E-state index contributed by atoms with van der Waals surface area (Å²) < 4.78 is 13.6. The van der Waals surface area contributed by atoms with Gasteiger partial charge in [-0.1, -0.05) is 23.7 Å². The molecule has 9 heteroatoms. The lowest BCUT2D eigenvalue weighted by atomic mass is 10.0. The Morgan fingerprint density at radius 2 is 2.19 bits per heavy atom. The summed E-state index contributed by atoms with van der Waals surface area (Å²) in [7, 11) is 0. The molecule has 0 aromatic heterocycles. The maximum atomic E-state index is 13.6. The van der Waals surface area contributed by atoms with Gasteiger partial charge >= 0.3 is 0 Å². The SMILES string of the molecule is O=C(CN1CCNCC1c1cccc(F)c1)Nc1ccc(Cl)cc1[N+](=O)[O-]. The summed E-state index contributed by atoms with van der Waals surface area (Å²) in [6, 6.07) is 10.2. The molecule has 0 radical (unpaired) electrons. The Morgan fingerprint density at radius 1 is 1.37 bits per heavy atom. The maximum absolute atomic E-state index is 13.6. The van der Waals surface area contributed by atoms with Crippen LogP contribution < -0.4 is 10.6 Å². The van der Waals surface area contributed by atoms with Gasteiger partial charge in [0.2, 0.25) is 5.91 Å². The van der Waals surface area contributed by atoms with E-state index in [0.29, 0.717) is 19.6 Å². The molecule has 2 N–H and O–H groups in total. The number of nitro benzene ring substituents is 1. The Kier molecular flexibility index (Phi) is 6.00. The van der Waals surface area contributed by atoms with Crippen molar-refractivity contribution in [3.8, 4) is 0 Å². The van der Waals surface area contributed by atoms with Gasteiger partial charge in [-0.3, -0.25) is 19.8 Å². The van der Waals surface area contributed by atoms with Gasteiger partial charge in [-0.25, -0.2) is 4.39 Å². The summed E-state index contributed by atoms with van der Waals surface area (Å²) in [6.07, 6.45) is 0. The lowest BCUT2D eigenvalue weighted by Gasteiger charge is -2.36. The predicted octanol–water partition coefficient (Wildman–Crippen LogP) is 2.97. The third-order valence-electron chi connectivity index (χ3n) is 4.36. The van der Waals surface area contributed by atoms with Crippen molar-refractivity contribution in [2.75, 3.05) is 31.5 Å². The van der Waals surface area contributed by atoms with Gasteiger partial charge in [0.05, 0.1) is 11.5 Å². The summed E-state index contributed by atoms with van der Waals surface area (Å²) >= 11 is 5.79. The molecule has 0 saturated carbocycles. The molecule has 1 aliphatic heterocycles. The number of hydrogen-bond donors (Lipinski definition) is 2. The Hall–Kier alpha value is -2.55. The van der Waals surface area contributed by atoms with Gasteiger partial charge < -0.3 is 10.6 Å². The first-order chi connectivity index (χ1) is 12.9. The lowest BCUT2D eigenvalue weighted by molar-refractivity contribution is -0.383. The van der Waals surface area contributed by atoms with Crippen molar-refractivity contribution in [3.63, 3.8) is 0 Å². The number of carbonyl (C=O) groups excluding carboxylic acids is 1. The van der Waals surface area contributed by atoms with E-state index >= 15 is 0 Å². The van der Waals surface area contributed by atoms with Crippen molar-refractivity contribution < 1.29 is 14.1 Å². The lowest BCUT2D eigenvalue weighted by Crippen LogP contribution is -2.48. The quantitative estimate of drug-likeness (QED) is 0.603. The van der Waals surface area contributed by atoms with E-state index in [1.54, 1.807) is 6.07 Å². The van der Waals surface area contributed by atoms with Crippen LogP contribution in [0.1, 0.15) is 11.6 Å². The minimum absolute atomic E-state index is 0.0304. The molecular weight excluding hydrogens is 375 g/mol. The number of nitro groups is 1. The fourth-order valence-corrected chi connectivity index (χ4v) is 3.28. The Balaban J connectivity index is 1.73. The van der Waals surface area contributed by atoms with Crippen molar-refractivity contribution in [2.45, 2.75) is 6.04 Å². The van der Waals surface area contributed by atoms with Crippen LogP contribution in [0.2, 0.25) is 5.02 Å². The van der Waals surface area contributed by atoms with E-state index in [1.807, 2.05) is 11.0 Å². The molecule has 2 aromatic rings. The first-order valence-electron chi connectivity index (χ1n) is 8.38. The van der Waals surface area contributed by atoms with E-state index in [1.165, 1.54) is 30.3 Å². The molecule has 0 aliphatic carbocycles. The maximum Gasteiger partial charge on any atom is 0.294 e. The second-order valence-corrected chi connectivity index (χ2v) is 6.65. The molecule has 7 nitrogen and oxygen atoms in total. The third-order valence-corrected chi connectivity index (χ3v) is 4.60. The number of nitrogens with zero attached hydrogens (tertiary/aromatic N) is 2. The minimum Gasteiger partial charge on any atom is -0.319 e. The highest BCUT2D eigenvalue weighted by Gasteiger charge is 2.26. The second kappa shape index (κ2) is 8.43. The summed E-state index contributed by atoms with van der Waals surface area (Å²) in [6.45, 7) is 1.90. The fraction of sp³-hybridized carbons (Fsp3) is 0.278. The van der Waals surface area contributed by atoms with E-state index in [9.17, 15) is 19.3 Å². The molecular formula is C18H18ClFN4O3.